The van der Waals surface area contributed by atoms with E-state index >= 15 is 0 Å². The van der Waals surface area contributed by atoms with Crippen molar-refractivity contribution in [2.75, 3.05) is 0 Å². The zero-order chi connectivity index (χ0) is 51.0. The molecule has 0 bridgehead atoms. The van der Waals surface area contributed by atoms with Gasteiger partial charge in [0.2, 0.25) is 0 Å². The van der Waals surface area contributed by atoms with Crippen LogP contribution in [0, 0.1) is 0 Å². The van der Waals surface area contributed by atoms with Gasteiger partial charge in [0.15, 0.2) is 17.5 Å². The topological polar surface area (TPSA) is 43.6 Å². The van der Waals surface area contributed by atoms with Gasteiger partial charge in [0, 0.05) is 21.9 Å². The molecule has 0 N–H and O–H groups in total. The first-order valence-electron chi connectivity index (χ1n) is 25.6. The Hall–Kier alpha value is -8.21. The van der Waals surface area contributed by atoms with Gasteiger partial charge in [0.1, 0.15) is 0 Å². The summed E-state index contributed by atoms with van der Waals surface area (Å²) in [5, 5.41) is -0.357. The molecule has 0 saturated carbocycles. The van der Waals surface area contributed by atoms with E-state index < -0.39 is 83.6 Å². The molecule has 0 fully saturated rings. The quantitative estimate of drug-likeness (QED) is 0.154. The molecular weight excluding hydrogens is 741 g/mol. The summed E-state index contributed by atoms with van der Waals surface area (Å²) in [4.78, 5) is 15.4. The molecule has 11 rings (SSSR count). The fraction of sp³-hybridized carbons (Fsp3) is 0. The highest BCUT2D eigenvalue weighted by Gasteiger charge is 2.23. The van der Waals surface area contributed by atoms with Crippen molar-refractivity contribution in [1.29, 1.82) is 0 Å². The van der Waals surface area contributed by atoms with Crippen LogP contribution in [0.5, 0.6) is 0 Å². The first-order valence-corrected chi connectivity index (χ1v) is 19.6. The van der Waals surface area contributed by atoms with Crippen LogP contribution in [0.25, 0.3) is 106 Å². The molecule has 0 aliphatic heterocycles. The van der Waals surface area contributed by atoms with Crippen LogP contribution in [0.15, 0.2) is 230 Å². The van der Waals surface area contributed by atoms with E-state index in [0.717, 1.165) is 22.3 Å². The van der Waals surface area contributed by atoms with E-state index in [1.807, 2.05) is 146 Å². The predicted molar refractivity (Wildman–Crippen MR) is 252 cm³/mol. The Morgan fingerprint density at radius 2 is 0.820 bits per heavy atom. The molecular formula is C57H38N4. The van der Waals surface area contributed by atoms with E-state index in [1.54, 1.807) is 12.1 Å². The number of hydrogen-bond acceptors (Lipinski definition) is 3. The summed E-state index contributed by atoms with van der Waals surface area (Å²) in [5.41, 5.74) is 5.96. The summed E-state index contributed by atoms with van der Waals surface area (Å²) < 4.78 is 110. The van der Waals surface area contributed by atoms with Crippen LogP contribution in [0.4, 0.5) is 0 Å². The van der Waals surface area contributed by atoms with Crippen LogP contribution >= 0.6 is 0 Å². The molecule has 4 heteroatoms. The second-order valence-electron chi connectivity index (χ2n) is 14.3. The summed E-state index contributed by atoms with van der Waals surface area (Å²) in [6.45, 7) is 0. The molecule has 0 unspecified atom stereocenters. The van der Waals surface area contributed by atoms with Gasteiger partial charge in [0.25, 0.3) is 0 Å². The monoisotopic (exact) mass is 790 g/mol. The summed E-state index contributed by atoms with van der Waals surface area (Å²) in [5.74, 6) is 0.798. The van der Waals surface area contributed by atoms with Crippen molar-refractivity contribution in [1.82, 2.24) is 19.5 Å². The van der Waals surface area contributed by atoms with Gasteiger partial charge in [-0.1, -0.05) is 206 Å². The molecule has 2 heterocycles. The van der Waals surface area contributed by atoms with Gasteiger partial charge < -0.3 is 4.57 Å². The van der Waals surface area contributed by atoms with E-state index in [2.05, 4.69) is 0 Å². The lowest BCUT2D eigenvalue weighted by Crippen LogP contribution is -2.05. The first kappa shape index (κ1) is 25.3. The maximum Gasteiger partial charge on any atom is 0.166 e. The lowest BCUT2D eigenvalue weighted by atomic mass is 9.95. The lowest BCUT2D eigenvalue weighted by molar-refractivity contribution is 1.06. The second-order valence-corrected chi connectivity index (χ2v) is 14.3. The van der Waals surface area contributed by atoms with Crippen molar-refractivity contribution in [2.24, 2.45) is 0 Å². The Morgan fingerprint density at radius 3 is 1.46 bits per heavy atom. The fourth-order valence-corrected chi connectivity index (χ4v) is 7.71. The number of hydrogen-bond donors (Lipinski definition) is 0. The Bertz CT molecular complexity index is 3990. The molecule has 0 aliphatic carbocycles. The highest BCUT2D eigenvalue weighted by atomic mass is 15.1. The molecule has 0 spiro atoms. The zero-order valence-electron chi connectivity index (χ0n) is 44.3. The molecule has 0 atom stereocenters. The highest BCUT2D eigenvalue weighted by Crippen LogP contribution is 2.42. The smallest absolute Gasteiger partial charge is 0.166 e. The van der Waals surface area contributed by atoms with Crippen LogP contribution in [0.1, 0.15) is 16.4 Å². The molecule has 0 saturated heterocycles. The Morgan fingerprint density at radius 1 is 0.328 bits per heavy atom. The number of para-hydroxylation sites is 1. The normalized spacial score (nSPS) is 14.0. The van der Waals surface area contributed by atoms with Gasteiger partial charge in [-0.2, -0.15) is 0 Å². The molecule has 2 aromatic heterocycles. The summed E-state index contributed by atoms with van der Waals surface area (Å²) >= 11 is 0. The second kappa shape index (κ2) is 15.5. The molecule has 4 nitrogen and oxygen atoms in total. The van der Waals surface area contributed by atoms with Crippen molar-refractivity contribution in [3.05, 3.63) is 230 Å². The first-order chi connectivity index (χ1) is 35.2. The molecule has 0 aliphatic rings. The zero-order valence-corrected chi connectivity index (χ0v) is 32.3. The standard InChI is InChI=1S/C57H38N4/c1-5-16-39(17-6-1)42-28-32-44(33-29-42)48-25-15-27-53(61-51-26-14-13-24-49(51)50-38-47(36-37-52(50)61)41-20-9-3-10-21-41)54(48)57-59-55(45-22-11-4-12-23-45)58-56(60-57)46-34-30-43(31-35-46)40-18-7-2-8-19-40/h1-38H/i3D,9D,10D,13D,14D,20D,21D,24D,26D,36D,37D,38D. The maximum absolute atomic E-state index is 9.82. The Labute approximate surface area is 371 Å². The van der Waals surface area contributed by atoms with Gasteiger partial charge in [-0.25, -0.2) is 15.0 Å². The van der Waals surface area contributed by atoms with Crippen LogP contribution in [0.3, 0.4) is 0 Å². The van der Waals surface area contributed by atoms with Gasteiger partial charge in [-0.15, -0.1) is 0 Å². The lowest BCUT2D eigenvalue weighted by Gasteiger charge is -2.18. The minimum Gasteiger partial charge on any atom is -0.308 e. The fourth-order valence-electron chi connectivity index (χ4n) is 7.71. The van der Waals surface area contributed by atoms with E-state index in [9.17, 15) is 6.85 Å². The maximum atomic E-state index is 9.82. The third-order valence-electron chi connectivity index (χ3n) is 10.6. The van der Waals surface area contributed by atoms with Crippen LogP contribution < -0.4 is 0 Å². The molecule has 0 amide bonds. The van der Waals surface area contributed by atoms with Crippen LogP contribution in [-0.4, -0.2) is 19.5 Å². The Kier molecular flexibility index (Phi) is 6.44. The van der Waals surface area contributed by atoms with Crippen molar-refractivity contribution in [2.45, 2.75) is 0 Å². The van der Waals surface area contributed by atoms with Crippen molar-refractivity contribution < 1.29 is 16.4 Å². The predicted octanol–water partition coefficient (Wildman–Crippen LogP) is 14.6. The van der Waals surface area contributed by atoms with Gasteiger partial charge >= 0.3 is 0 Å². The summed E-state index contributed by atoms with van der Waals surface area (Å²) in [6, 6.07) is 42.7. The van der Waals surface area contributed by atoms with E-state index in [4.69, 9.17) is 24.5 Å². The third kappa shape index (κ3) is 6.76. The SMILES string of the molecule is [2H]c1c([2H])c([2H])c(-c2c([2H])c([2H])c3c(c2[2H])c2c([2H])c([2H])c([2H])c([2H])c2n3-c2cccc(-c3ccc(-c4ccccc4)cc3)c2-c2nc(-c3ccccc3)nc(-c3ccc(-c4ccccc4)cc3)n2)c([2H])c1[2H]. The molecule has 9 aromatic carbocycles. The average molecular weight is 791 g/mol. The average Bonchev–Trinajstić information content (AvgIpc) is 3.80. The van der Waals surface area contributed by atoms with Gasteiger partial charge in [-0.3, -0.25) is 0 Å². The van der Waals surface area contributed by atoms with E-state index in [0.29, 0.717) is 39.5 Å². The van der Waals surface area contributed by atoms with Crippen LogP contribution in [0.2, 0.25) is 0 Å². The summed E-state index contributed by atoms with van der Waals surface area (Å²) in [6.07, 6.45) is 0. The van der Waals surface area contributed by atoms with Crippen LogP contribution in [-0.2, 0) is 0 Å². The third-order valence-corrected chi connectivity index (χ3v) is 10.6. The number of benzene rings is 9. The largest absolute Gasteiger partial charge is 0.308 e. The van der Waals surface area contributed by atoms with Crippen molar-refractivity contribution in [3.63, 3.8) is 0 Å². The molecule has 0 radical (unpaired) electrons. The minimum atomic E-state index is -0.706. The highest BCUT2D eigenvalue weighted by molar-refractivity contribution is 6.11. The van der Waals surface area contributed by atoms with Gasteiger partial charge in [0.05, 0.1) is 38.7 Å². The minimum absolute atomic E-state index is 0.132. The Balaban J connectivity index is 1.27. The van der Waals surface area contributed by atoms with E-state index in [1.165, 1.54) is 4.57 Å². The van der Waals surface area contributed by atoms with Crippen molar-refractivity contribution in [3.8, 4) is 84.4 Å². The number of rotatable bonds is 8. The molecule has 61 heavy (non-hydrogen) atoms. The summed E-state index contributed by atoms with van der Waals surface area (Å²) in [7, 11) is 0. The number of nitrogens with zero attached hydrogens (tertiary/aromatic N) is 4. The molecule has 286 valence electrons. The van der Waals surface area contributed by atoms with Crippen molar-refractivity contribution >= 4 is 21.8 Å². The van der Waals surface area contributed by atoms with E-state index in [-0.39, 0.29) is 33.3 Å². The van der Waals surface area contributed by atoms with Gasteiger partial charge in [-0.05, 0) is 68.7 Å². The number of aromatic nitrogens is 4. The molecule has 11 aromatic rings. The number of fused-ring (bicyclic) bond motifs is 3.